The number of rotatable bonds is 4. The third-order valence-corrected chi connectivity index (χ3v) is 5.10. The number of benzene rings is 1. The van der Waals surface area contributed by atoms with Gasteiger partial charge < -0.3 is 20.9 Å². The number of pyridine rings is 1. The summed E-state index contributed by atoms with van der Waals surface area (Å²) in [7, 11) is 3.20. The van der Waals surface area contributed by atoms with Crippen molar-refractivity contribution in [2.75, 3.05) is 20.6 Å². The zero-order valence-electron chi connectivity index (χ0n) is 16.9. The number of nitrogens with one attached hydrogen (secondary N) is 1. The van der Waals surface area contributed by atoms with Crippen LogP contribution in [0, 0.1) is 0 Å². The standard InChI is InChI=1S/C21H25N5O4/c1-24(2)21(30)26-13-5-6-16(18(26)19(22)28)23-20(29)14-8-10-15(11-9-14)25-12-4-3-7-17(25)27/h3-4,7-12,16,18H,5-6,13H2,1-2H3,(H2,22,28)(H,23,29). The van der Waals surface area contributed by atoms with E-state index >= 15 is 0 Å². The summed E-state index contributed by atoms with van der Waals surface area (Å²) in [6, 6.07) is 9.59. The second-order valence-corrected chi connectivity index (χ2v) is 7.40. The van der Waals surface area contributed by atoms with Crippen LogP contribution in [0.4, 0.5) is 4.79 Å². The van der Waals surface area contributed by atoms with Crippen molar-refractivity contribution in [3.63, 3.8) is 0 Å². The van der Waals surface area contributed by atoms with Crippen molar-refractivity contribution in [3.05, 3.63) is 64.6 Å². The largest absolute Gasteiger partial charge is 0.368 e. The fraction of sp³-hybridized carbons (Fsp3) is 0.333. The van der Waals surface area contributed by atoms with Gasteiger partial charge in [-0.05, 0) is 43.2 Å². The van der Waals surface area contributed by atoms with Crippen LogP contribution in [-0.2, 0) is 4.79 Å². The van der Waals surface area contributed by atoms with Crippen LogP contribution < -0.4 is 16.6 Å². The van der Waals surface area contributed by atoms with E-state index in [9.17, 15) is 19.2 Å². The van der Waals surface area contributed by atoms with Crippen molar-refractivity contribution in [1.29, 1.82) is 0 Å². The van der Waals surface area contributed by atoms with Gasteiger partial charge in [-0.1, -0.05) is 6.07 Å². The Morgan fingerprint density at radius 1 is 1.10 bits per heavy atom. The van der Waals surface area contributed by atoms with Gasteiger partial charge in [-0.3, -0.25) is 19.0 Å². The van der Waals surface area contributed by atoms with E-state index in [4.69, 9.17) is 5.73 Å². The van der Waals surface area contributed by atoms with E-state index in [0.29, 0.717) is 30.6 Å². The molecule has 1 aromatic heterocycles. The first kappa shape index (κ1) is 21.1. The Kier molecular flexibility index (Phi) is 6.20. The van der Waals surface area contributed by atoms with E-state index in [2.05, 4.69) is 5.32 Å². The highest BCUT2D eigenvalue weighted by Gasteiger charge is 2.39. The molecule has 1 fully saturated rings. The first-order valence-electron chi connectivity index (χ1n) is 9.66. The number of likely N-dealkylation sites (tertiary alicyclic amines) is 1. The van der Waals surface area contributed by atoms with Crippen LogP contribution in [-0.4, -0.2) is 64.9 Å². The summed E-state index contributed by atoms with van der Waals surface area (Å²) in [5.41, 5.74) is 6.40. The number of amides is 4. The van der Waals surface area contributed by atoms with Gasteiger partial charge in [0, 0.05) is 44.2 Å². The Hall–Kier alpha value is -3.62. The zero-order valence-corrected chi connectivity index (χ0v) is 16.9. The summed E-state index contributed by atoms with van der Waals surface area (Å²) in [5.74, 6) is -1.04. The van der Waals surface area contributed by atoms with Crippen molar-refractivity contribution < 1.29 is 14.4 Å². The second kappa shape index (κ2) is 8.81. The van der Waals surface area contributed by atoms with Crippen LogP contribution in [0.5, 0.6) is 0 Å². The number of nitrogens with two attached hydrogens (primary N) is 1. The molecule has 2 atom stereocenters. The quantitative estimate of drug-likeness (QED) is 0.765. The van der Waals surface area contributed by atoms with Crippen LogP contribution in [0.2, 0.25) is 0 Å². The smallest absolute Gasteiger partial charge is 0.320 e. The number of urea groups is 1. The maximum atomic E-state index is 12.8. The van der Waals surface area contributed by atoms with E-state index in [0.717, 1.165) is 0 Å². The molecular weight excluding hydrogens is 386 g/mol. The van der Waals surface area contributed by atoms with E-state index in [1.165, 1.54) is 20.4 Å². The first-order chi connectivity index (χ1) is 14.3. The third kappa shape index (κ3) is 4.35. The molecule has 1 aromatic carbocycles. The van der Waals surface area contributed by atoms with Crippen LogP contribution in [0.1, 0.15) is 23.2 Å². The molecule has 9 heteroatoms. The molecule has 1 aliphatic rings. The Bertz CT molecular complexity index is 999. The highest BCUT2D eigenvalue weighted by molar-refractivity contribution is 5.95. The zero-order chi connectivity index (χ0) is 21.8. The number of primary amides is 1. The summed E-state index contributed by atoms with van der Waals surface area (Å²) >= 11 is 0. The van der Waals surface area contributed by atoms with Crippen molar-refractivity contribution >= 4 is 17.8 Å². The minimum absolute atomic E-state index is 0.174. The monoisotopic (exact) mass is 411 g/mol. The lowest BCUT2D eigenvalue weighted by Gasteiger charge is -2.40. The van der Waals surface area contributed by atoms with Crippen LogP contribution in [0.15, 0.2) is 53.5 Å². The van der Waals surface area contributed by atoms with Gasteiger partial charge in [-0.15, -0.1) is 0 Å². The Morgan fingerprint density at radius 2 is 1.80 bits per heavy atom. The second-order valence-electron chi connectivity index (χ2n) is 7.40. The molecule has 0 radical (unpaired) electrons. The molecule has 0 aliphatic carbocycles. The molecule has 3 N–H and O–H groups in total. The predicted molar refractivity (Wildman–Crippen MR) is 111 cm³/mol. The number of carbonyl (C=O) groups is 3. The third-order valence-electron chi connectivity index (χ3n) is 5.10. The van der Waals surface area contributed by atoms with Gasteiger partial charge in [0.1, 0.15) is 6.04 Å². The van der Waals surface area contributed by atoms with Crippen molar-refractivity contribution in [2.24, 2.45) is 5.73 Å². The number of piperidine rings is 1. The van der Waals surface area contributed by atoms with Gasteiger partial charge in [0.05, 0.1) is 6.04 Å². The van der Waals surface area contributed by atoms with E-state index in [1.807, 2.05) is 0 Å². The summed E-state index contributed by atoms with van der Waals surface area (Å²) in [4.78, 5) is 52.0. The minimum atomic E-state index is -0.917. The van der Waals surface area contributed by atoms with Gasteiger partial charge in [-0.2, -0.15) is 0 Å². The van der Waals surface area contributed by atoms with Crippen LogP contribution in [0.25, 0.3) is 5.69 Å². The molecule has 30 heavy (non-hydrogen) atoms. The molecule has 3 rings (SSSR count). The molecule has 0 saturated carbocycles. The van der Waals surface area contributed by atoms with Gasteiger partial charge in [0.2, 0.25) is 5.91 Å². The molecule has 1 aliphatic heterocycles. The molecule has 4 amide bonds. The minimum Gasteiger partial charge on any atom is -0.368 e. The molecule has 158 valence electrons. The van der Waals surface area contributed by atoms with Crippen molar-refractivity contribution in [3.8, 4) is 5.69 Å². The van der Waals surface area contributed by atoms with Crippen LogP contribution >= 0.6 is 0 Å². The van der Waals surface area contributed by atoms with Gasteiger partial charge >= 0.3 is 6.03 Å². The molecule has 2 unspecified atom stereocenters. The lowest BCUT2D eigenvalue weighted by atomic mass is 9.95. The average Bonchev–Trinajstić information content (AvgIpc) is 2.73. The Labute approximate surface area is 174 Å². The van der Waals surface area contributed by atoms with Crippen molar-refractivity contribution in [1.82, 2.24) is 19.7 Å². The number of carbonyl (C=O) groups excluding carboxylic acids is 3. The number of hydrogen-bond acceptors (Lipinski definition) is 4. The normalized spacial score (nSPS) is 18.5. The molecule has 9 nitrogen and oxygen atoms in total. The fourth-order valence-corrected chi connectivity index (χ4v) is 3.64. The first-order valence-corrected chi connectivity index (χ1v) is 9.66. The molecule has 0 bridgehead atoms. The SMILES string of the molecule is CN(C)C(=O)N1CCCC(NC(=O)c2ccc(-n3ccccc3=O)cc2)C1C(N)=O. The summed E-state index contributed by atoms with van der Waals surface area (Å²) < 4.78 is 1.47. The predicted octanol–water partition coefficient (Wildman–Crippen LogP) is 0.567. The summed E-state index contributed by atoms with van der Waals surface area (Å²) in [5, 5.41) is 2.84. The van der Waals surface area contributed by atoms with E-state index in [1.54, 1.807) is 56.7 Å². The topological polar surface area (TPSA) is 118 Å². The van der Waals surface area contributed by atoms with Gasteiger partial charge in [-0.25, -0.2) is 4.79 Å². The number of hydrogen-bond donors (Lipinski definition) is 2. The fourth-order valence-electron chi connectivity index (χ4n) is 3.64. The van der Waals surface area contributed by atoms with Crippen molar-refractivity contribution in [2.45, 2.75) is 24.9 Å². The van der Waals surface area contributed by atoms with Gasteiger partial charge in [0.25, 0.3) is 11.5 Å². The maximum absolute atomic E-state index is 12.8. The molecule has 2 aromatic rings. The van der Waals surface area contributed by atoms with Crippen LogP contribution in [0.3, 0.4) is 0 Å². The Balaban J connectivity index is 1.77. The number of aromatic nitrogens is 1. The Morgan fingerprint density at radius 3 is 2.40 bits per heavy atom. The molecule has 2 heterocycles. The highest BCUT2D eigenvalue weighted by atomic mass is 16.2. The average molecular weight is 411 g/mol. The molecule has 0 spiro atoms. The lowest BCUT2D eigenvalue weighted by molar-refractivity contribution is -0.124. The number of nitrogens with zero attached hydrogens (tertiary/aromatic N) is 3. The molecular formula is C21H25N5O4. The maximum Gasteiger partial charge on any atom is 0.320 e. The van der Waals surface area contributed by atoms with Gasteiger partial charge in [0.15, 0.2) is 0 Å². The van der Waals surface area contributed by atoms with E-state index < -0.39 is 18.0 Å². The molecule has 1 saturated heterocycles. The van der Waals surface area contributed by atoms with E-state index in [-0.39, 0.29) is 17.5 Å². The summed E-state index contributed by atoms with van der Waals surface area (Å²) in [6.45, 7) is 0.400. The highest BCUT2D eigenvalue weighted by Crippen LogP contribution is 2.20. The summed E-state index contributed by atoms with van der Waals surface area (Å²) in [6.07, 6.45) is 2.82. The lowest BCUT2D eigenvalue weighted by Crippen LogP contribution is -2.63.